The summed E-state index contributed by atoms with van der Waals surface area (Å²) in [5.74, 6) is 0.679. The Morgan fingerprint density at radius 2 is 2.11 bits per heavy atom. The number of nitrogens with one attached hydrogen (secondary N) is 2. The molecule has 0 radical (unpaired) electrons. The summed E-state index contributed by atoms with van der Waals surface area (Å²) >= 11 is 0. The van der Waals surface area contributed by atoms with E-state index in [1.54, 1.807) is 18.5 Å². The maximum atomic E-state index is 11.9. The molecule has 5 nitrogen and oxygen atoms in total. The number of alkyl halides is 3. The van der Waals surface area contributed by atoms with Gasteiger partial charge in [-0.25, -0.2) is 9.97 Å². The van der Waals surface area contributed by atoms with Gasteiger partial charge in [-0.2, -0.15) is 13.2 Å². The van der Waals surface area contributed by atoms with Crippen LogP contribution in [0.5, 0.6) is 5.88 Å². The van der Waals surface area contributed by atoms with E-state index in [4.69, 9.17) is 0 Å². The third-order valence-corrected chi connectivity index (χ3v) is 2.13. The lowest BCUT2D eigenvalue weighted by molar-refractivity contribution is -0.154. The number of imidazole rings is 1. The molecule has 0 spiro atoms. The average molecular weight is 272 g/mol. The number of halogens is 3. The molecule has 2 rings (SSSR count). The predicted molar refractivity (Wildman–Crippen MR) is 61.7 cm³/mol. The summed E-state index contributed by atoms with van der Waals surface area (Å²) in [4.78, 5) is 10.7. The van der Waals surface area contributed by atoms with Crippen LogP contribution in [0, 0.1) is 0 Å². The highest BCUT2D eigenvalue weighted by Gasteiger charge is 2.28. The van der Waals surface area contributed by atoms with Crippen molar-refractivity contribution < 1.29 is 17.9 Å². The highest BCUT2D eigenvalue weighted by atomic mass is 19.4. The van der Waals surface area contributed by atoms with Crippen molar-refractivity contribution in [1.29, 1.82) is 0 Å². The molecule has 0 aliphatic carbocycles. The minimum Gasteiger partial charge on any atom is -0.468 e. The molecule has 0 saturated carbocycles. The Hall–Kier alpha value is -2.25. The van der Waals surface area contributed by atoms with Crippen LogP contribution in [0.15, 0.2) is 30.7 Å². The third kappa shape index (κ3) is 4.49. The molecule has 0 amide bonds. The van der Waals surface area contributed by atoms with Gasteiger partial charge >= 0.3 is 6.18 Å². The zero-order chi connectivity index (χ0) is 13.7. The number of aromatic nitrogens is 3. The van der Waals surface area contributed by atoms with Crippen molar-refractivity contribution in [3.05, 3.63) is 36.5 Å². The first kappa shape index (κ1) is 13.2. The van der Waals surface area contributed by atoms with Crippen LogP contribution in [0.2, 0.25) is 0 Å². The van der Waals surface area contributed by atoms with Crippen LogP contribution in [0.3, 0.4) is 0 Å². The van der Waals surface area contributed by atoms with E-state index in [1.165, 1.54) is 12.3 Å². The van der Waals surface area contributed by atoms with Gasteiger partial charge in [0.15, 0.2) is 6.61 Å². The molecular formula is C11H11F3N4O. The summed E-state index contributed by atoms with van der Waals surface area (Å²) in [6, 6.07) is 2.96. The second-order valence-corrected chi connectivity index (χ2v) is 3.68. The molecule has 19 heavy (non-hydrogen) atoms. The van der Waals surface area contributed by atoms with Crippen LogP contribution in [0.1, 0.15) is 5.82 Å². The normalized spacial score (nSPS) is 11.3. The molecule has 0 saturated heterocycles. The topological polar surface area (TPSA) is 62.8 Å². The highest BCUT2D eigenvalue weighted by Crippen LogP contribution is 2.18. The molecule has 2 N–H and O–H groups in total. The smallest absolute Gasteiger partial charge is 0.422 e. The Kier molecular flexibility index (Phi) is 3.88. The maximum Gasteiger partial charge on any atom is 0.422 e. The number of ether oxygens (including phenoxy) is 1. The van der Waals surface area contributed by atoms with E-state index in [9.17, 15) is 13.2 Å². The standard InChI is InChI=1S/C11H11F3N4O/c12-11(13,14)7-19-10-2-1-8(5-18-10)17-6-9-15-3-4-16-9/h1-5,17H,6-7H2,(H,15,16). The number of hydrogen-bond acceptors (Lipinski definition) is 4. The molecule has 0 aromatic carbocycles. The molecule has 0 fully saturated rings. The molecule has 2 aromatic heterocycles. The number of aromatic amines is 1. The van der Waals surface area contributed by atoms with Gasteiger partial charge in [0, 0.05) is 18.5 Å². The van der Waals surface area contributed by atoms with Crippen LogP contribution >= 0.6 is 0 Å². The van der Waals surface area contributed by atoms with Crippen LogP contribution in [0.4, 0.5) is 18.9 Å². The van der Waals surface area contributed by atoms with Crippen molar-refractivity contribution in [3.63, 3.8) is 0 Å². The Labute approximate surface area is 106 Å². The van der Waals surface area contributed by atoms with E-state index in [2.05, 4.69) is 25.0 Å². The Balaban J connectivity index is 1.84. The lowest BCUT2D eigenvalue weighted by Crippen LogP contribution is -2.19. The molecule has 0 atom stereocenters. The maximum absolute atomic E-state index is 11.9. The summed E-state index contributed by atoms with van der Waals surface area (Å²) in [6.07, 6.45) is 0.360. The van der Waals surface area contributed by atoms with Gasteiger partial charge in [-0.3, -0.25) is 0 Å². The second kappa shape index (κ2) is 5.59. The Bertz CT molecular complexity index is 496. The van der Waals surface area contributed by atoms with Gasteiger partial charge in [0.2, 0.25) is 5.88 Å². The number of pyridine rings is 1. The SMILES string of the molecule is FC(F)(F)COc1ccc(NCc2ncc[nH]2)cn1. The lowest BCUT2D eigenvalue weighted by atomic mass is 10.4. The average Bonchev–Trinajstić information content (AvgIpc) is 2.87. The number of hydrogen-bond donors (Lipinski definition) is 2. The number of rotatable bonds is 5. The van der Waals surface area contributed by atoms with E-state index in [0.29, 0.717) is 12.2 Å². The zero-order valence-corrected chi connectivity index (χ0v) is 9.74. The van der Waals surface area contributed by atoms with Gasteiger partial charge in [-0.15, -0.1) is 0 Å². The first-order chi connectivity index (χ1) is 9.03. The molecule has 0 bridgehead atoms. The van der Waals surface area contributed by atoms with Crippen molar-refractivity contribution in [3.8, 4) is 5.88 Å². The van der Waals surface area contributed by atoms with Crippen LogP contribution < -0.4 is 10.1 Å². The van der Waals surface area contributed by atoms with Gasteiger partial charge < -0.3 is 15.0 Å². The fraction of sp³-hybridized carbons (Fsp3) is 0.273. The minimum atomic E-state index is -4.36. The molecular weight excluding hydrogens is 261 g/mol. The van der Waals surface area contributed by atoms with Crippen LogP contribution in [-0.2, 0) is 6.54 Å². The summed E-state index contributed by atoms with van der Waals surface area (Å²) in [6.45, 7) is -0.878. The number of nitrogens with zero attached hydrogens (tertiary/aromatic N) is 2. The Morgan fingerprint density at radius 3 is 2.68 bits per heavy atom. The zero-order valence-electron chi connectivity index (χ0n) is 9.74. The van der Waals surface area contributed by atoms with Crippen molar-refractivity contribution in [1.82, 2.24) is 15.0 Å². The monoisotopic (exact) mass is 272 g/mol. The number of anilines is 1. The molecule has 0 unspecified atom stereocenters. The predicted octanol–water partition coefficient (Wildman–Crippen LogP) is 2.36. The fourth-order valence-electron chi connectivity index (χ4n) is 1.31. The van der Waals surface area contributed by atoms with Gasteiger partial charge in [0.25, 0.3) is 0 Å². The molecule has 102 valence electrons. The summed E-state index contributed by atoms with van der Waals surface area (Å²) in [5, 5.41) is 3.01. The number of H-pyrrole nitrogens is 1. The van der Waals surface area contributed by atoms with Crippen molar-refractivity contribution in [2.75, 3.05) is 11.9 Å². The highest BCUT2D eigenvalue weighted by molar-refractivity contribution is 5.41. The van der Waals surface area contributed by atoms with Crippen molar-refractivity contribution >= 4 is 5.69 Å². The van der Waals surface area contributed by atoms with Gasteiger partial charge in [-0.05, 0) is 6.07 Å². The van der Waals surface area contributed by atoms with Crippen molar-refractivity contribution in [2.24, 2.45) is 0 Å². The summed E-state index contributed by atoms with van der Waals surface area (Å²) < 4.78 is 40.3. The van der Waals surface area contributed by atoms with Gasteiger partial charge in [-0.1, -0.05) is 0 Å². The quantitative estimate of drug-likeness (QED) is 0.877. The van der Waals surface area contributed by atoms with Gasteiger partial charge in [0.05, 0.1) is 18.4 Å². The van der Waals surface area contributed by atoms with Gasteiger partial charge in [0.1, 0.15) is 5.82 Å². The molecule has 2 heterocycles. The summed E-state index contributed by atoms with van der Waals surface area (Å²) in [5.41, 5.74) is 0.663. The van der Waals surface area contributed by atoms with E-state index < -0.39 is 12.8 Å². The molecule has 8 heteroatoms. The second-order valence-electron chi connectivity index (χ2n) is 3.68. The molecule has 2 aromatic rings. The molecule has 0 aliphatic heterocycles. The van der Waals surface area contributed by atoms with E-state index in [1.807, 2.05) is 0 Å². The summed E-state index contributed by atoms with van der Waals surface area (Å²) in [7, 11) is 0. The van der Waals surface area contributed by atoms with Crippen LogP contribution in [0.25, 0.3) is 0 Å². The molecule has 0 aliphatic rings. The van der Waals surface area contributed by atoms with Crippen molar-refractivity contribution in [2.45, 2.75) is 12.7 Å². The van der Waals surface area contributed by atoms with E-state index in [-0.39, 0.29) is 5.88 Å². The van der Waals surface area contributed by atoms with E-state index in [0.717, 1.165) is 5.82 Å². The van der Waals surface area contributed by atoms with Crippen LogP contribution in [-0.4, -0.2) is 27.7 Å². The van der Waals surface area contributed by atoms with E-state index >= 15 is 0 Å². The minimum absolute atomic E-state index is 0.0686. The fourth-order valence-corrected chi connectivity index (χ4v) is 1.31. The first-order valence-corrected chi connectivity index (χ1v) is 5.41. The first-order valence-electron chi connectivity index (χ1n) is 5.41. The third-order valence-electron chi connectivity index (χ3n) is 2.13. The lowest BCUT2D eigenvalue weighted by Gasteiger charge is -2.09. The largest absolute Gasteiger partial charge is 0.468 e. The Morgan fingerprint density at radius 1 is 1.26 bits per heavy atom.